The molecule has 40 heavy (non-hydrogen) atoms. The minimum atomic E-state index is -1.35. The summed E-state index contributed by atoms with van der Waals surface area (Å²) in [5, 5.41) is 3.07. The lowest BCUT2D eigenvalue weighted by Crippen LogP contribution is -2.49. The van der Waals surface area contributed by atoms with Crippen LogP contribution in [0.5, 0.6) is 5.75 Å². The molecule has 0 aromatic heterocycles. The second kappa shape index (κ2) is 9.06. The number of benzene rings is 4. The molecule has 1 N–H and O–H groups in total. The number of anilines is 1. The third-order valence-electron chi connectivity index (χ3n) is 8.53. The number of methoxy groups -OCH3 is 1. The van der Waals surface area contributed by atoms with Crippen LogP contribution in [0, 0.1) is 5.92 Å². The third-order valence-corrected chi connectivity index (χ3v) is 8.53. The van der Waals surface area contributed by atoms with E-state index in [2.05, 4.69) is 5.32 Å². The number of rotatable bonds is 5. The molecule has 0 radical (unpaired) electrons. The van der Waals surface area contributed by atoms with Crippen molar-refractivity contribution >= 4 is 29.2 Å². The lowest BCUT2D eigenvalue weighted by molar-refractivity contribution is -0.122. The highest BCUT2D eigenvalue weighted by Gasteiger charge is 2.70. The largest absolute Gasteiger partial charge is 0.497 e. The minimum Gasteiger partial charge on any atom is -0.497 e. The minimum absolute atomic E-state index is 0.204. The van der Waals surface area contributed by atoms with Gasteiger partial charge in [0.05, 0.1) is 19.1 Å². The Hall–Kier alpha value is -4.97. The second-order valence-electron chi connectivity index (χ2n) is 10.4. The molecule has 0 saturated carbocycles. The number of amides is 1. The summed E-state index contributed by atoms with van der Waals surface area (Å²) in [6.45, 7) is 0. The molecule has 3 aliphatic rings. The molecule has 196 valence electrons. The van der Waals surface area contributed by atoms with Gasteiger partial charge < -0.3 is 15.0 Å². The van der Waals surface area contributed by atoms with E-state index in [0.29, 0.717) is 22.6 Å². The summed E-state index contributed by atoms with van der Waals surface area (Å²) in [5.74, 6) is -1.25. The molecule has 1 fully saturated rings. The van der Waals surface area contributed by atoms with Crippen LogP contribution in [0.2, 0.25) is 0 Å². The third kappa shape index (κ3) is 3.26. The maximum atomic E-state index is 14.8. The van der Waals surface area contributed by atoms with E-state index < -0.39 is 23.4 Å². The van der Waals surface area contributed by atoms with Gasteiger partial charge in [-0.15, -0.1) is 0 Å². The first-order valence-electron chi connectivity index (χ1n) is 13.3. The number of carbonyl (C=O) groups is 3. The van der Waals surface area contributed by atoms with Crippen molar-refractivity contribution in [3.63, 3.8) is 0 Å². The highest BCUT2D eigenvalue weighted by molar-refractivity contribution is 6.16. The summed E-state index contributed by atoms with van der Waals surface area (Å²) in [5.41, 5.74) is 2.78. The first-order valence-corrected chi connectivity index (χ1v) is 13.3. The molecule has 3 heterocycles. The Morgan fingerprint density at radius 2 is 1.55 bits per heavy atom. The van der Waals surface area contributed by atoms with Crippen LogP contribution in [0.25, 0.3) is 6.08 Å². The molecular formula is C34H26N2O4. The van der Waals surface area contributed by atoms with Crippen molar-refractivity contribution in [3.8, 4) is 5.75 Å². The molecule has 0 bridgehead atoms. The quantitative estimate of drug-likeness (QED) is 0.339. The summed E-state index contributed by atoms with van der Waals surface area (Å²) >= 11 is 0. The Balaban J connectivity index is 1.54. The van der Waals surface area contributed by atoms with Gasteiger partial charge in [-0.25, -0.2) is 0 Å². The summed E-state index contributed by atoms with van der Waals surface area (Å²) in [6, 6.07) is 29.8. The van der Waals surface area contributed by atoms with Crippen LogP contribution < -0.4 is 10.1 Å². The van der Waals surface area contributed by atoms with Crippen molar-refractivity contribution in [2.24, 2.45) is 5.92 Å². The predicted octanol–water partition coefficient (Wildman–Crippen LogP) is 5.68. The molecule has 7 rings (SSSR count). The number of hydrogen-bond acceptors (Lipinski definition) is 5. The number of nitrogens with zero attached hydrogens (tertiary/aromatic N) is 1. The van der Waals surface area contributed by atoms with Gasteiger partial charge in [0.1, 0.15) is 17.2 Å². The maximum Gasteiger partial charge on any atom is 0.238 e. The number of nitrogens with one attached hydrogen (secondary N) is 1. The van der Waals surface area contributed by atoms with Crippen molar-refractivity contribution in [2.45, 2.75) is 17.5 Å². The number of ketones is 2. The predicted molar refractivity (Wildman–Crippen MR) is 152 cm³/mol. The van der Waals surface area contributed by atoms with Gasteiger partial charge >= 0.3 is 0 Å². The molecule has 4 atom stereocenters. The zero-order valence-corrected chi connectivity index (χ0v) is 21.8. The van der Waals surface area contributed by atoms with E-state index in [1.807, 2.05) is 83.9 Å². The van der Waals surface area contributed by atoms with E-state index in [1.54, 1.807) is 43.5 Å². The van der Waals surface area contributed by atoms with E-state index in [4.69, 9.17) is 4.74 Å². The monoisotopic (exact) mass is 526 g/mol. The molecule has 6 heteroatoms. The van der Waals surface area contributed by atoms with E-state index in [0.717, 1.165) is 16.7 Å². The van der Waals surface area contributed by atoms with E-state index in [-0.39, 0.29) is 17.5 Å². The number of hydrogen-bond donors (Lipinski definition) is 1. The fourth-order valence-corrected chi connectivity index (χ4v) is 6.90. The zero-order chi connectivity index (χ0) is 27.4. The Labute approximate surface area is 231 Å². The summed E-state index contributed by atoms with van der Waals surface area (Å²) < 4.78 is 5.43. The SMILES string of the molecule is COc1cccc(C(=O)[C@H]2[C@H](C(=O)c3ccccc3)N3C=Cc4ccccc4[C@@H]3[C@]23C(=O)Nc2ccccc23)c1. The van der Waals surface area contributed by atoms with Gasteiger partial charge in [0, 0.05) is 23.0 Å². The van der Waals surface area contributed by atoms with Gasteiger partial charge in [-0.05, 0) is 41.0 Å². The van der Waals surface area contributed by atoms with Crippen LogP contribution in [0.3, 0.4) is 0 Å². The van der Waals surface area contributed by atoms with Gasteiger partial charge in [-0.3, -0.25) is 14.4 Å². The van der Waals surface area contributed by atoms with Crippen molar-refractivity contribution in [3.05, 3.63) is 137 Å². The molecule has 1 spiro atoms. The Kier molecular flexibility index (Phi) is 5.46. The van der Waals surface area contributed by atoms with Crippen molar-refractivity contribution < 1.29 is 19.1 Å². The molecule has 4 aromatic carbocycles. The van der Waals surface area contributed by atoms with E-state index in [1.165, 1.54) is 0 Å². The summed E-state index contributed by atoms with van der Waals surface area (Å²) in [4.78, 5) is 45.6. The Morgan fingerprint density at radius 1 is 0.825 bits per heavy atom. The lowest BCUT2D eigenvalue weighted by atomic mass is 9.62. The Morgan fingerprint density at radius 3 is 2.38 bits per heavy atom. The lowest BCUT2D eigenvalue weighted by Gasteiger charge is -2.38. The van der Waals surface area contributed by atoms with Gasteiger partial charge in [-0.1, -0.05) is 84.9 Å². The number of fused-ring (bicyclic) bond motifs is 6. The molecule has 4 aromatic rings. The number of para-hydroxylation sites is 1. The average molecular weight is 527 g/mol. The Bertz CT molecular complexity index is 1710. The zero-order valence-electron chi connectivity index (χ0n) is 21.8. The standard InChI is InChI=1S/C34H26N2O4/c1-40-24-14-9-13-23(20-24)30(37)28-29(31(38)22-11-3-2-4-12-22)36-19-18-21-10-5-6-15-25(21)32(36)34(28)26-16-7-8-17-27(26)35-33(34)39/h2-20,28-29,32H,1H3,(H,35,39)/t28-,29-,32-,34-/m1/s1. The van der Waals surface area contributed by atoms with Crippen LogP contribution in [0.4, 0.5) is 5.69 Å². The van der Waals surface area contributed by atoms with Crippen LogP contribution in [-0.2, 0) is 10.2 Å². The van der Waals surface area contributed by atoms with E-state index in [9.17, 15) is 14.4 Å². The number of ether oxygens (including phenoxy) is 1. The van der Waals surface area contributed by atoms with Gasteiger partial charge in [0.25, 0.3) is 0 Å². The molecule has 3 aliphatic heterocycles. The smallest absolute Gasteiger partial charge is 0.238 e. The highest BCUT2D eigenvalue weighted by Crippen LogP contribution is 2.62. The normalized spacial score (nSPS) is 23.8. The van der Waals surface area contributed by atoms with Crippen molar-refractivity contribution in [1.82, 2.24) is 4.90 Å². The second-order valence-corrected chi connectivity index (χ2v) is 10.4. The van der Waals surface area contributed by atoms with Gasteiger partial charge in [-0.2, -0.15) is 0 Å². The molecule has 0 unspecified atom stereocenters. The van der Waals surface area contributed by atoms with Gasteiger partial charge in [0.15, 0.2) is 11.6 Å². The topological polar surface area (TPSA) is 75.7 Å². The average Bonchev–Trinajstić information content (AvgIpc) is 3.49. The van der Waals surface area contributed by atoms with Gasteiger partial charge in [0.2, 0.25) is 5.91 Å². The molecular weight excluding hydrogens is 500 g/mol. The number of carbonyl (C=O) groups excluding carboxylic acids is 3. The summed E-state index contributed by atoms with van der Waals surface area (Å²) in [6.07, 6.45) is 3.84. The molecule has 1 amide bonds. The molecule has 1 saturated heterocycles. The highest BCUT2D eigenvalue weighted by atomic mass is 16.5. The fourth-order valence-electron chi connectivity index (χ4n) is 6.90. The molecule has 0 aliphatic carbocycles. The van der Waals surface area contributed by atoms with Crippen LogP contribution >= 0.6 is 0 Å². The fraction of sp³-hybridized carbons (Fsp3) is 0.147. The van der Waals surface area contributed by atoms with Crippen LogP contribution in [0.1, 0.15) is 43.4 Å². The van der Waals surface area contributed by atoms with Crippen molar-refractivity contribution in [1.29, 1.82) is 0 Å². The van der Waals surface area contributed by atoms with Crippen LogP contribution in [-0.4, -0.2) is 35.5 Å². The maximum absolute atomic E-state index is 14.8. The van der Waals surface area contributed by atoms with E-state index >= 15 is 0 Å². The molecule has 6 nitrogen and oxygen atoms in total. The first kappa shape index (κ1) is 24.1. The summed E-state index contributed by atoms with van der Waals surface area (Å²) in [7, 11) is 1.55. The van der Waals surface area contributed by atoms with Crippen LogP contribution in [0.15, 0.2) is 109 Å². The first-order chi connectivity index (χ1) is 19.6. The number of Topliss-reactive ketones (excluding diaryl/α,β-unsaturated/α-hetero) is 2. The van der Waals surface area contributed by atoms with Crippen molar-refractivity contribution in [2.75, 3.05) is 12.4 Å².